The van der Waals surface area contributed by atoms with Gasteiger partial charge in [0.25, 0.3) is 0 Å². The summed E-state index contributed by atoms with van der Waals surface area (Å²) < 4.78 is 11.4. The molecule has 1 aromatic heterocycles. The number of anilines is 1. The van der Waals surface area contributed by atoms with Crippen LogP contribution in [0.4, 0.5) is 5.82 Å². The highest BCUT2D eigenvalue weighted by Gasteiger charge is 2.42. The third-order valence-electron chi connectivity index (χ3n) is 6.78. The summed E-state index contributed by atoms with van der Waals surface area (Å²) in [4.78, 5) is 11.9. The van der Waals surface area contributed by atoms with Crippen molar-refractivity contribution < 1.29 is 9.47 Å². The highest BCUT2D eigenvalue weighted by atomic mass is 16.5. The molecule has 5 rings (SSSR count). The first-order chi connectivity index (χ1) is 14.7. The van der Waals surface area contributed by atoms with Gasteiger partial charge in [0.15, 0.2) is 0 Å². The molecule has 30 heavy (non-hydrogen) atoms. The van der Waals surface area contributed by atoms with Gasteiger partial charge >= 0.3 is 6.01 Å². The number of piperazine rings is 1. The first-order valence-corrected chi connectivity index (χ1v) is 10.7. The van der Waals surface area contributed by atoms with E-state index in [9.17, 15) is 0 Å². The maximum absolute atomic E-state index is 9.11. The standard InChI is InChI=1S/C23H27N5O2/c1-29-22-26-19-14-23(9-13-30-20-5-3-2-4-18(20)23)8-6-17(19)21(27-22)28-12-11-25-16(15-28)7-10-24/h2-5,16,25H,6-9,11-15H2,1H3. The Morgan fingerprint density at radius 1 is 1.33 bits per heavy atom. The average Bonchev–Trinajstić information content (AvgIpc) is 2.79. The van der Waals surface area contributed by atoms with E-state index in [1.54, 1.807) is 7.11 Å². The van der Waals surface area contributed by atoms with Crippen LogP contribution in [0.2, 0.25) is 0 Å². The molecule has 7 heteroatoms. The zero-order valence-electron chi connectivity index (χ0n) is 17.4. The molecule has 0 amide bonds. The van der Waals surface area contributed by atoms with Crippen LogP contribution in [0, 0.1) is 11.3 Å². The number of hydrogen-bond donors (Lipinski definition) is 1. The van der Waals surface area contributed by atoms with Crippen molar-refractivity contribution in [3.05, 3.63) is 41.1 Å². The minimum atomic E-state index is 0.0608. The molecule has 3 aliphatic rings. The lowest BCUT2D eigenvalue weighted by molar-refractivity contribution is 0.196. The minimum absolute atomic E-state index is 0.0608. The van der Waals surface area contributed by atoms with Crippen molar-refractivity contribution in [1.29, 1.82) is 5.26 Å². The van der Waals surface area contributed by atoms with Gasteiger partial charge in [-0.2, -0.15) is 15.2 Å². The fourth-order valence-electron chi connectivity index (χ4n) is 5.25. The van der Waals surface area contributed by atoms with Crippen molar-refractivity contribution in [3.63, 3.8) is 0 Å². The van der Waals surface area contributed by atoms with Crippen LogP contribution in [0.5, 0.6) is 11.8 Å². The molecule has 2 unspecified atom stereocenters. The zero-order chi connectivity index (χ0) is 20.6. The first-order valence-electron chi connectivity index (χ1n) is 10.7. The van der Waals surface area contributed by atoms with Gasteiger partial charge in [-0.15, -0.1) is 0 Å². The van der Waals surface area contributed by atoms with Gasteiger partial charge in [0, 0.05) is 48.6 Å². The van der Waals surface area contributed by atoms with E-state index in [1.807, 2.05) is 6.07 Å². The Hall–Kier alpha value is -2.85. The second kappa shape index (κ2) is 7.77. The third-order valence-corrected chi connectivity index (χ3v) is 6.78. The highest BCUT2D eigenvalue weighted by Crippen LogP contribution is 2.48. The number of hydrogen-bond acceptors (Lipinski definition) is 7. The third kappa shape index (κ3) is 3.25. The molecule has 1 saturated heterocycles. The monoisotopic (exact) mass is 405 g/mol. The van der Waals surface area contributed by atoms with Crippen LogP contribution in [0.15, 0.2) is 24.3 Å². The molecule has 2 aliphatic heterocycles. The number of fused-ring (bicyclic) bond motifs is 3. The molecule has 3 heterocycles. The Morgan fingerprint density at radius 2 is 2.23 bits per heavy atom. The molecule has 1 aromatic carbocycles. The van der Waals surface area contributed by atoms with Crippen molar-refractivity contribution in [2.24, 2.45) is 0 Å². The number of ether oxygens (including phenoxy) is 2. The molecule has 0 bridgehead atoms. The predicted octanol–water partition coefficient (Wildman–Crippen LogP) is 2.39. The first kappa shape index (κ1) is 19.1. The quantitative estimate of drug-likeness (QED) is 0.839. The molecule has 2 atom stereocenters. The molecule has 156 valence electrons. The maximum atomic E-state index is 9.11. The molecule has 1 aliphatic carbocycles. The maximum Gasteiger partial charge on any atom is 0.318 e. The number of aromatic nitrogens is 2. The topological polar surface area (TPSA) is 83.3 Å². The van der Waals surface area contributed by atoms with Crippen molar-refractivity contribution >= 4 is 5.82 Å². The lowest BCUT2D eigenvalue weighted by atomic mass is 9.66. The molecule has 1 fully saturated rings. The van der Waals surface area contributed by atoms with E-state index < -0.39 is 0 Å². The Morgan fingerprint density at radius 3 is 3.10 bits per heavy atom. The summed E-state index contributed by atoms with van der Waals surface area (Å²) in [6.07, 6.45) is 4.39. The zero-order valence-corrected chi connectivity index (χ0v) is 17.4. The fraction of sp³-hybridized carbons (Fsp3) is 0.522. The van der Waals surface area contributed by atoms with E-state index in [2.05, 4.69) is 34.5 Å². The number of benzene rings is 1. The molecule has 1 spiro atoms. The number of nitrogens with one attached hydrogen (secondary N) is 1. The summed E-state index contributed by atoms with van der Waals surface area (Å²) in [5.41, 5.74) is 3.70. The lowest BCUT2D eigenvalue weighted by Gasteiger charge is -2.43. The normalized spacial score (nSPS) is 25.1. The van der Waals surface area contributed by atoms with Gasteiger partial charge in [-0.05, 0) is 25.3 Å². The van der Waals surface area contributed by atoms with Crippen molar-refractivity contribution in [1.82, 2.24) is 15.3 Å². The van der Waals surface area contributed by atoms with Gasteiger partial charge in [0.05, 0.1) is 31.9 Å². The molecular weight excluding hydrogens is 378 g/mol. The van der Waals surface area contributed by atoms with Crippen molar-refractivity contribution in [2.75, 3.05) is 38.3 Å². The van der Waals surface area contributed by atoms with Crippen LogP contribution in [-0.2, 0) is 18.3 Å². The highest BCUT2D eigenvalue weighted by molar-refractivity contribution is 5.54. The molecule has 2 aromatic rings. The molecule has 0 saturated carbocycles. The summed E-state index contributed by atoms with van der Waals surface area (Å²) in [7, 11) is 1.63. The summed E-state index contributed by atoms with van der Waals surface area (Å²) in [6, 6.07) is 11.3. The number of nitrogens with zero attached hydrogens (tertiary/aromatic N) is 4. The minimum Gasteiger partial charge on any atom is -0.493 e. The van der Waals surface area contributed by atoms with Crippen LogP contribution in [0.25, 0.3) is 0 Å². The van der Waals surface area contributed by atoms with E-state index in [-0.39, 0.29) is 11.5 Å². The average molecular weight is 406 g/mol. The summed E-state index contributed by atoms with van der Waals surface area (Å²) in [5.74, 6) is 1.99. The van der Waals surface area contributed by atoms with Crippen LogP contribution < -0.4 is 19.7 Å². The number of para-hydroxylation sites is 1. The number of nitriles is 1. The Bertz CT molecular complexity index is 988. The fourth-order valence-corrected chi connectivity index (χ4v) is 5.25. The Kier molecular flexibility index (Phi) is 4.95. The SMILES string of the molecule is COc1nc2c(c(N3CCNC(CC#N)C3)n1)CCC1(CCOc3ccccc31)C2. The second-order valence-corrected chi connectivity index (χ2v) is 8.47. The van der Waals surface area contributed by atoms with Gasteiger partial charge in [0.1, 0.15) is 11.6 Å². The summed E-state index contributed by atoms with van der Waals surface area (Å²) >= 11 is 0. The number of rotatable bonds is 3. The van der Waals surface area contributed by atoms with Gasteiger partial charge in [-0.1, -0.05) is 18.2 Å². The molecular formula is C23H27N5O2. The second-order valence-electron chi connectivity index (χ2n) is 8.47. The van der Waals surface area contributed by atoms with E-state index in [0.29, 0.717) is 12.4 Å². The van der Waals surface area contributed by atoms with Crippen LogP contribution in [0.3, 0.4) is 0 Å². The Balaban J connectivity index is 1.52. The van der Waals surface area contributed by atoms with E-state index in [1.165, 1.54) is 11.1 Å². The van der Waals surface area contributed by atoms with Gasteiger partial charge in [-0.3, -0.25) is 0 Å². The van der Waals surface area contributed by atoms with Gasteiger partial charge in [-0.25, -0.2) is 0 Å². The molecule has 0 radical (unpaired) electrons. The van der Waals surface area contributed by atoms with E-state index in [0.717, 1.165) is 69.2 Å². The van der Waals surface area contributed by atoms with Crippen molar-refractivity contribution in [3.8, 4) is 17.8 Å². The van der Waals surface area contributed by atoms with Crippen LogP contribution in [0.1, 0.15) is 36.1 Å². The van der Waals surface area contributed by atoms with Gasteiger partial charge in [0.2, 0.25) is 0 Å². The predicted molar refractivity (Wildman–Crippen MR) is 113 cm³/mol. The Labute approximate surface area is 177 Å². The number of methoxy groups -OCH3 is 1. The van der Waals surface area contributed by atoms with Gasteiger partial charge < -0.3 is 19.7 Å². The largest absolute Gasteiger partial charge is 0.493 e. The summed E-state index contributed by atoms with van der Waals surface area (Å²) in [5, 5.41) is 12.5. The van der Waals surface area contributed by atoms with Crippen molar-refractivity contribution in [2.45, 2.75) is 43.6 Å². The lowest BCUT2D eigenvalue weighted by Crippen LogP contribution is -2.51. The summed E-state index contributed by atoms with van der Waals surface area (Å²) in [6.45, 7) is 3.25. The van der Waals surface area contributed by atoms with E-state index in [4.69, 9.17) is 24.7 Å². The van der Waals surface area contributed by atoms with E-state index >= 15 is 0 Å². The smallest absolute Gasteiger partial charge is 0.318 e. The molecule has 1 N–H and O–H groups in total. The molecule has 7 nitrogen and oxygen atoms in total. The van der Waals surface area contributed by atoms with Crippen LogP contribution >= 0.6 is 0 Å². The van der Waals surface area contributed by atoms with Crippen LogP contribution in [-0.4, -0.2) is 49.4 Å².